The maximum atomic E-state index is 11.9. The van der Waals surface area contributed by atoms with Crippen molar-refractivity contribution in [1.82, 2.24) is 10.6 Å². The summed E-state index contributed by atoms with van der Waals surface area (Å²) in [6, 6.07) is 4.50. The fourth-order valence-electron chi connectivity index (χ4n) is 2.73. The van der Waals surface area contributed by atoms with Crippen LogP contribution in [0.4, 0.5) is 4.79 Å². The van der Waals surface area contributed by atoms with Crippen LogP contribution in [-0.2, 0) is 19.4 Å². The Balaban J connectivity index is 1.70. The number of ether oxygens (including phenoxy) is 1. The molecule has 8 nitrogen and oxygen atoms in total. The Labute approximate surface area is 164 Å². The predicted molar refractivity (Wildman–Crippen MR) is 103 cm³/mol. The number of hydrogen-bond donors (Lipinski definition) is 2. The number of esters is 1. The van der Waals surface area contributed by atoms with Gasteiger partial charge in [0.25, 0.3) is 5.91 Å². The van der Waals surface area contributed by atoms with Gasteiger partial charge in [0, 0.05) is 12.8 Å². The maximum Gasteiger partial charge on any atom is 0.338 e. The van der Waals surface area contributed by atoms with Gasteiger partial charge in [-0.25, -0.2) is 18.0 Å². The summed E-state index contributed by atoms with van der Waals surface area (Å²) in [5, 5.41) is 4.68. The van der Waals surface area contributed by atoms with Crippen molar-refractivity contribution in [2.75, 3.05) is 19.4 Å². The zero-order valence-electron chi connectivity index (χ0n) is 15.7. The Bertz CT molecular complexity index is 859. The highest BCUT2D eigenvalue weighted by Crippen LogP contribution is 2.19. The molecule has 0 radical (unpaired) electrons. The molecule has 28 heavy (non-hydrogen) atoms. The topological polar surface area (TPSA) is 119 Å². The molecule has 0 atom stereocenters. The first-order valence-electron chi connectivity index (χ1n) is 8.98. The first-order chi connectivity index (χ1) is 13.3. The van der Waals surface area contributed by atoms with E-state index in [2.05, 4.69) is 16.7 Å². The van der Waals surface area contributed by atoms with Crippen molar-refractivity contribution in [3.05, 3.63) is 41.5 Å². The van der Waals surface area contributed by atoms with Gasteiger partial charge in [0.05, 0.1) is 10.5 Å². The first-order valence-corrected chi connectivity index (χ1v) is 10.9. The lowest BCUT2D eigenvalue weighted by atomic mass is 9.97. The van der Waals surface area contributed by atoms with Gasteiger partial charge in [0.2, 0.25) is 0 Å². The second-order valence-electron chi connectivity index (χ2n) is 6.53. The van der Waals surface area contributed by atoms with Crippen molar-refractivity contribution in [2.45, 2.75) is 37.0 Å². The van der Waals surface area contributed by atoms with Crippen molar-refractivity contribution in [3.8, 4) is 0 Å². The number of rotatable bonds is 7. The Morgan fingerprint density at radius 1 is 1.11 bits per heavy atom. The van der Waals surface area contributed by atoms with Crippen molar-refractivity contribution in [2.24, 2.45) is 0 Å². The molecule has 0 bridgehead atoms. The van der Waals surface area contributed by atoms with Crippen molar-refractivity contribution >= 4 is 27.7 Å². The second kappa shape index (κ2) is 10.0. The summed E-state index contributed by atoms with van der Waals surface area (Å²) in [6.45, 7) is -0.192. The molecule has 0 saturated carbocycles. The summed E-state index contributed by atoms with van der Waals surface area (Å²) in [5.41, 5.74) is 1.42. The lowest BCUT2D eigenvalue weighted by Gasteiger charge is -2.13. The predicted octanol–water partition coefficient (Wildman–Crippen LogP) is 1.96. The lowest BCUT2D eigenvalue weighted by Crippen LogP contribution is -2.41. The minimum atomic E-state index is -3.36. The van der Waals surface area contributed by atoms with Crippen molar-refractivity contribution < 1.29 is 27.5 Å². The number of nitrogens with one attached hydrogen (secondary N) is 2. The van der Waals surface area contributed by atoms with Gasteiger partial charge in [-0.1, -0.05) is 11.6 Å². The number of amides is 3. The Kier molecular flexibility index (Phi) is 7.74. The van der Waals surface area contributed by atoms with Crippen LogP contribution in [0, 0.1) is 0 Å². The molecule has 0 heterocycles. The van der Waals surface area contributed by atoms with Gasteiger partial charge in [-0.2, -0.15) is 0 Å². The SMILES string of the molecule is CS(=O)(=O)c1ccc(C(=O)OCC(=O)NC(=O)NCCC2=CCCCC2)cc1. The third-order valence-electron chi connectivity index (χ3n) is 4.22. The van der Waals surface area contributed by atoms with Crippen LogP contribution in [-0.4, -0.2) is 45.7 Å². The van der Waals surface area contributed by atoms with Crippen LogP contribution in [0.3, 0.4) is 0 Å². The Morgan fingerprint density at radius 2 is 1.82 bits per heavy atom. The fourth-order valence-corrected chi connectivity index (χ4v) is 3.36. The van der Waals surface area contributed by atoms with Crippen LogP contribution in [0.1, 0.15) is 42.5 Å². The van der Waals surface area contributed by atoms with E-state index in [0.717, 1.165) is 25.5 Å². The number of carbonyl (C=O) groups is 3. The van der Waals surface area contributed by atoms with E-state index in [9.17, 15) is 22.8 Å². The lowest BCUT2D eigenvalue weighted by molar-refractivity contribution is -0.123. The summed E-state index contributed by atoms with van der Waals surface area (Å²) in [4.78, 5) is 35.3. The quantitative estimate of drug-likeness (QED) is 0.526. The summed E-state index contributed by atoms with van der Waals surface area (Å²) in [5.74, 6) is -1.55. The van der Waals surface area contributed by atoms with Gasteiger partial charge in [-0.15, -0.1) is 0 Å². The molecule has 3 amide bonds. The molecule has 2 rings (SSSR count). The molecule has 0 fully saturated rings. The van der Waals surface area contributed by atoms with Gasteiger partial charge in [-0.3, -0.25) is 10.1 Å². The Morgan fingerprint density at radius 3 is 2.43 bits per heavy atom. The summed E-state index contributed by atoms with van der Waals surface area (Å²) >= 11 is 0. The van der Waals surface area contributed by atoms with Gasteiger partial charge in [0.1, 0.15) is 0 Å². The highest BCUT2D eigenvalue weighted by molar-refractivity contribution is 7.90. The second-order valence-corrected chi connectivity index (χ2v) is 8.55. The van der Waals surface area contributed by atoms with Crippen LogP contribution in [0.2, 0.25) is 0 Å². The van der Waals surface area contributed by atoms with E-state index in [4.69, 9.17) is 4.74 Å². The standard InChI is InChI=1S/C19H24N2O6S/c1-28(25,26)16-9-7-15(8-10-16)18(23)27-13-17(22)21-19(24)20-12-11-14-5-3-2-4-6-14/h5,7-10H,2-4,6,11-13H2,1H3,(H2,20,21,22,24). The molecule has 152 valence electrons. The monoisotopic (exact) mass is 408 g/mol. The number of urea groups is 1. The van der Waals surface area contributed by atoms with E-state index < -0.39 is 34.4 Å². The molecule has 1 aromatic carbocycles. The molecule has 9 heteroatoms. The molecule has 0 aliphatic heterocycles. The van der Waals surface area contributed by atoms with Gasteiger partial charge < -0.3 is 10.1 Å². The fraction of sp³-hybridized carbons (Fsp3) is 0.421. The molecule has 1 aliphatic rings. The average molecular weight is 408 g/mol. The third kappa shape index (κ3) is 7.15. The average Bonchev–Trinajstić information content (AvgIpc) is 2.66. The van der Waals surface area contributed by atoms with Crippen LogP contribution in [0.15, 0.2) is 40.8 Å². The zero-order valence-corrected chi connectivity index (χ0v) is 16.5. The molecule has 0 unspecified atom stereocenters. The van der Waals surface area contributed by atoms with Crippen molar-refractivity contribution in [1.29, 1.82) is 0 Å². The zero-order chi connectivity index (χ0) is 20.6. The van der Waals surface area contributed by atoms with E-state index in [1.165, 1.54) is 42.7 Å². The minimum absolute atomic E-state index is 0.0717. The molecule has 2 N–H and O–H groups in total. The van der Waals surface area contributed by atoms with Crippen LogP contribution < -0.4 is 10.6 Å². The minimum Gasteiger partial charge on any atom is -0.452 e. The Hall–Kier alpha value is -2.68. The van der Waals surface area contributed by atoms with Crippen LogP contribution in [0.5, 0.6) is 0 Å². The highest BCUT2D eigenvalue weighted by atomic mass is 32.2. The van der Waals surface area contributed by atoms with E-state index in [1.807, 2.05) is 0 Å². The number of allylic oxidation sites excluding steroid dienone is 1. The van der Waals surface area contributed by atoms with E-state index in [-0.39, 0.29) is 10.5 Å². The van der Waals surface area contributed by atoms with Gasteiger partial charge in [-0.05, 0) is 56.4 Å². The van der Waals surface area contributed by atoms with E-state index in [0.29, 0.717) is 6.54 Å². The number of benzene rings is 1. The molecular weight excluding hydrogens is 384 g/mol. The van der Waals surface area contributed by atoms with Gasteiger partial charge in [0.15, 0.2) is 16.4 Å². The normalized spacial score (nSPS) is 14.0. The van der Waals surface area contributed by atoms with Gasteiger partial charge >= 0.3 is 12.0 Å². The number of imide groups is 1. The van der Waals surface area contributed by atoms with Crippen LogP contribution >= 0.6 is 0 Å². The molecule has 0 saturated heterocycles. The molecule has 1 aromatic rings. The third-order valence-corrected chi connectivity index (χ3v) is 5.35. The van der Waals surface area contributed by atoms with Crippen LogP contribution in [0.25, 0.3) is 0 Å². The molecule has 0 spiro atoms. The first kappa shape index (κ1) is 21.6. The molecular formula is C19H24N2O6S. The number of sulfone groups is 1. The van der Waals surface area contributed by atoms with E-state index >= 15 is 0 Å². The molecule has 0 aromatic heterocycles. The number of hydrogen-bond acceptors (Lipinski definition) is 6. The summed E-state index contributed by atoms with van der Waals surface area (Å²) in [7, 11) is -3.36. The highest BCUT2D eigenvalue weighted by Gasteiger charge is 2.14. The number of carbonyl (C=O) groups excluding carboxylic acids is 3. The largest absolute Gasteiger partial charge is 0.452 e. The summed E-state index contributed by atoms with van der Waals surface area (Å²) in [6.07, 6.45) is 8.48. The summed E-state index contributed by atoms with van der Waals surface area (Å²) < 4.78 is 27.6. The van der Waals surface area contributed by atoms with E-state index in [1.54, 1.807) is 0 Å². The maximum absolute atomic E-state index is 11.9. The van der Waals surface area contributed by atoms with Crippen molar-refractivity contribution in [3.63, 3.8) is 0 Å². The smallest absolute Gasteiger partial charge is 0.338 e. The molecule has 1 aliphatic carbocycles.